The minimum absolute atomic E-state index is 0.250. The molecule has 0 atom stereocenters. The van der Waals surface area contributed by atoms with Gasteiger partial charge in [-0.25, -0.2) is 4.39 Å². The zero-order chi connectivity index (χ0) is 10.7. The fourth-order valence-electron chi connectivity index (χ4n) is 1.11. The quantitative estimate of drug-likeness (QED) is 0.821. The molecule has 0 aliphatic rings. The van der Waals surface area contributed by atoms with Crippen molar-refractivity contribution in [3.05, 3.63) is 50.9 Å². The fourth-order valence-corrected chi connectivity index (χ4v) is 2.49. The number of halogens is 2. The van der Waals surface area contributed by atoms with Gasteiger partial charge in [0.1, 0.15) is 18.2 Å². The molecule has 0 amide bonds. The van der Waals surface area contributed by atoms with Crippen LogP contribution in [0.2, 0.25) is 0 Å². The van der Waals surface area contributed by atoms with Gasteiger partial charge in [0.25, 0.3) is 0 Å². The monoisotopic (exact) mass is 286 g/mol. The van der Waals surface area contributed by atoms with Gasteiger partial charge in [-0.15, -0.1) is 11.3 Å². The van der Waals surface area contributed by atoms with Crippen LogP contribution in [0.25, 0.3) is 0 Å². The first-order chi connectivity index (χ1) is 7.25. The standard InChI is InChI=1S/C11H8BrFOS/c12-10-5-6-15-11(10)7-14-9-3-1-8(13)2-4-9/h1-6H,7H2. The van der Waals surface area contributed by atoms with Gasteiger partial charge < -0.3 is 4.74 Å². The van der Waals surface area contributed by atoms with Crippen molar-refractivity contribution in [3.63, 3.8) is 0 Å². The molecule has 1 aromatic heterocycles. The van der Waals surface area contributed by atoms with Crippen molar-refractivity contribution >= 4 is 27.3 Å². The van der Waals surface area contributed by atoms with Gasteiger partial charge in [-0.1, -0.05) is 0 Å². The van der Waals surface area contributed by atoms with Crippen molar-refractivity contribution in [3.8, 4) is 5.75 Å². The summed E-state index contributed by atoms with van der Waals surface area (Å²) in [5.74, 6) is 0.427. The molecule has 0 unspecified atom stereocenters. The molecule has 0 saturated heterocycles. The molecule has 4 heteroatoms. The van der Waals surface area contributed by atoms with E-state index in [9.17, 15) is 4.39 Å². The number of hydrogen-bond donors (Lipinski definition) is 0. The third-order valence-electron chi connectivity index (χ3n) is 1.87. The van der Waals surface area contributed by atoms with Crippen LogP contribution in [0.3, 0.4) is 0 Å². The zero-order valence-corrected chi connectivity index (χ0v) is 10.1. The van der Waals surface area contributed by atoms with Crippen LogP contribution in [0.1, 0.15) is 4.88 Å². The van der Waals surface area contributed by atoms with Crippen LogP contribution in [-0.2, 0) is 6.61 Å². The Kier molecular flexibility index (Phi) is 3.38. The van der Waals surface area contributed by atoms with Gasteiger partial charge >= 0.3 is 0 Å². The summed E-state index contributed by atoms with van der Waals surface area (Å²) in [6.45, 7) is 0.504. The first-order valence-electron chi connectivity index (χ1n) is 4.36. The molecule has 0 aliphatic carbocycles. The van der Waals surface area contributed by atoms with E-state index >= 15 is 0 Å². The van der Waals surface area contributed by atoms with Crippen LogP contribution >= 0.6 is 27.3 Å². The van der Waals surface area contributed by atoms with Gasteiger partial charge in [-0.05, 0) is 51.6 Å². The SMILES string of the molecule is Fc1ccc(OCc2sccc2Br)cc1. The average molecular weight is 287 g/mol. The van der Waals surface area contributed by atoms with Crippen LogP contribution in [0.5, 0.6) is 5.75 Å². The first-order valence-corrected chi connectivity index (χ1v) is 6.03. The largest absolute Gasteiger partial charge is 0.488 e. The maximum absolute atomic E-state index is 12.6. The second-order valence-electron chi connectivity index (χ2n) is 2.93. The van der Waals surface area contributed by atoms with Crippen LogP contribution in [0.15, 0.2) is 40.2 Å². The highest BCUT2D eigenvalue weighted by Gasteiger charge is 2.02. The minimum Gasteiger partial charge on any atom is -0.488 e. The first kappa shape index (κ1) is 10.6. The molecule has 0 radical (unpaired) electrons. The molecule has 0 aliphatic heterocycles. The van der Waals surface area contributed by atoms with Gasteiger partial charge in [0, 0.05) is 4.47 Å². The molecule has 0 spiro atoms. The molecule has 0 N–H and O–H groups in total. The summed E-state index contributed by atoms with van der Waals surface area (Å²) in [5, 5.41) is 1.99. The molecule has 0 bridgehead atoms. The summed E-state index contributed by atoms with van der Waals surface area (Å²) in [7, 11) is 0. The topological polar surface area (TPSA) is 9.23 Å². The highest BCUT2D eigenvalue weighted by molar-refractivity contribution is 9.10. The Hall–Kier alpha value is -0.870. The summed E-state index contributed by atoms with van der Waals surface area (Å²) < 4.78 is 19.2. The van der Waals surface area contributed by atoms with Gasteiger partial charge in [-0.3, -0.25) is 0 Å². The predicted molar refractivity (Wildman–Crippen MR) is 62.8 cm³/mol. The molecule has 1 aromatic carbocycles. The van der Waals surface area contributed by atoms with Gasteiger partial charge in [0.05, 0.1) is 4.88 Å². The summed E-state index contributed by atoms with van der Waals surface area (Å²) in [5.41, 5.74) is 0. The van der Waals surface area contributed by atoms with Crippen LogP contribution in [0, 0.1) is 5.82 Å². The van der Waals surface area contributed by atoms with Crippen molar-refractivity contribution < 1.29 is 9.13 Å². The van der Waals surface area contributed by atoms with Crippen molar-refractivity contribution in [2.45, 2.75) is 6.61 Å². The van der Waals surface area contributed by atoms with E-state index in [0.717, 1.165) is 9.35 Å². The predicted octanol–water partition coefficient (Wildman–Crippen LogP) is 4.23. The second-order valence-corrected chi connectivity index (χ2v) is 4.79. The lowest BCUT2D eigenvalue weighted by Gasteiger charge is -2.04. The Morgan fingerprint density at radius 1 is 1.20 bits per heavy atom. The van der Waals surface area contributed by atoms with Gasteiger partial charge in [0.15, 0.2) is 0 Å². The molecule has 0 saturated carbocycles. The van der Waals surface area contributed by atoms with E-state index in [1.807, 2.05) is 11.4 Å². The number of benzene rings is 1. The lowest BCUT2D eigenvalue weighted by atomic mass is 10.3. The molecular weight excluding hydrogens is 279 g/mol. The third kappa shape index (κ3) is 2.79. The maximum atomic E-state index is 12.6. The molecule has 15 heavy (non-hydrogen) atoms. The Balaban J connectivity index is 1.99. The summed E-state index contributed by atoms with van der Waals surface area (Å²) in [6, 6.07) is 8.00. The van der Waals surface area contributed by atoms with E-state index in [0.29, 0.717) is 12.4 Å². The normalized spacial score (nSPS) is 10.3. The number of thiophene rings is 1. The Morgan fingerprint density at radius 3 is 2.53 bits per heavy atom. The van der Waals surface area contributed by atoms with Crippen molar-refractivity contribution in [2.24, 2.45) is 0 Å². The smallest absolute Gasteiger partial charge is 0.124 e. The molecule has 1 nitrogen and oxygen atoms in total. The van der Waals surface area contributed by atoms with Crippen molar-refractivity contribution in [1.82, 2.24) is 0 Å². The Morgan fingerprint density at radius 2 is 1.93 bits per heavy atom. The molecule has 2 aromatic rings. The second kappa shape index (κ2) is 4.77. The summed E-state index contributed by atoms with van der Waals surface area (Å²) in [4.78, 5) is 1.12. The van der Waals surface area contributed by atoms with Crippen LogP contribution in [-0.4, -0.2) is 0 Å². The van der Waals surface area contributed by atoms with E-state index in [4.69, 9.17) is 4.74 Å². The molecule has 2 rings (SSSR count). The van der Waals surface area contributed by atoms with E-state index < -0.39 is 0 Å². The van der Waals surface area contributed by atoms with Crippen molar-refractivity contribution in [1.29, 1.82) is 0 Å². The van der Waals surface area contributed by atoms with Gasteiger partial charge in [-0.2, -0.15) is 0 Å². The number of hydrogen-bond acceptors (Lipinski definition) is 2. The van der Waals surface area contributed by atoms with Crippen LogP contribution < -0.4 is 4.74 Å². The van der Waals surface area contributed by atoms with E-state index in [-0.39, 0.29) is 5.82 Å². The Labute approximate surface area is 99.6 Å². The number of rotatable bonds is 3. The highest BCUT2D eigenvalue weighted by atomic mass is 79.9. The minimum atomic E-state index is -0.250. The zero-order valence-electron chi connectivity index (χ0n) is 7.74. The van der Waals surface area contributed by atoms with E-state index in [2.05, 4.69) is 15.9 Å². The number of ether oxygens (including phenoxy) is 1. The molecular formula is C11H8BrFOS. The molecule has 78 valence electrons. The fraction of sp³-hybridized carbons (Fsp3) is 0.0909. The van der Waals surface area contributed by atoms with E-state index in [1.54, 1.807) is 23.5 Å². The third-order valence-corrected chi connectivity index (χ3v) is 3.77. The van der Waals surface area contributed by atoms with Crippen molar-refractivity contribution in [2.75, 3.05) is 0 Å². The summed E-state index contributed by atoms with van der Waals surface area (Å²) >= 11 is 5.05. The average Bonchev–Trinajstić information content (AvgIpc) is 2.63. The highest BCUT2D eigenvalue weighted by Crippen LogP contribution is 2.24. The lowest BCUT2D eigenvalue weighted by Crippen LogP contribution is -1.93. The van der Waals surface area contributed by atoms with Crippen LogP contribution in [0.4, 0.5) is 4.39 Å². The van der Waals surface area contributed by atoms with Gasteiger partial charge in [0.2, 0.25) is 0 Å². The summed E-state index contributed by atoms with van der Waals surface area (Å²) in [6.07, 6.45) is 0. The molecule has 1 heterocycles. The lowest BCUT2D eigenvalue weighted by molar-refractivity contribution is 0.308. The Bertz CT molecular complexity index is 438. The maximum Gasteiger partial charge on any atom is 0.124 e. The van der Waals surface area contributed by atoms with E-state index in [1.165, 1.54) is 12.1 Å². The molecule has 0 fully saturated rings.